The Kier molecular flexibility index (Phi) is 6.43. The number of nitrogens with one attached hydrogen (secondary N) is 1. The molecule has 3 nitrogen and oxygen atoms in total. The van der Waals surface area contributed by atoms with Gasteiger partial charge in [-0.05, 0) is 51.9 Å². The zero-order chi connectivity index (χ0) is 15.2. The molecule has 0 saturated carbocycles. The molecule has 0 radical (unpaired) electrons. The van der Waals surface area contributed by atoms with Crippen LogP contribution in [0.15, 0.2) is 18.2 Å². The van der Waals surface area contributed by atoms with Gasteiger partial charge in [0.15, 0.2) is 11.6 Å². The highest BCUT2D eigenvalue weighted by atomic mass is 19.1. The molecule has 0 saturated heterocycles. The second-order valence-corrected chi connectivity index (χ2v) is 5.78. The summed E-state index contributed by atoms with van der Waals surface area (Å²) in [6.45, 7) is 11.6. The number of hydrogen-bond donors (Lipinski definition) is 1. The molecule has 1 aromatic rings. The van der Waals surface area contributed by atoms with E-state index in [9.17, 15) is 4.39 Å². The maximum Gasteiger partial charge on any atom is 0.165 e. The predicted molar refractivity (Wildman–Crippen MR) is 79.7 cm³/mol. The summed E-state index contributed by atoms with van der Waals surface area (Å²) >= 11 is 0. The van der Waals surface area contributed by atoms with Crippen LogP contribution in [0.25, 0.3) is 0 Å². The van der Waals surface area contributed by atoms with Crippen molar-refractivity contribution in [2.45, 2.75) is 46.3 Å². The molecule has 0 spiro atoms. The van der Waals surface area contributed by atoms with E-state index < -0.39 is 0 Å². The maximum atomic E-state index is 13.9. The van der Waals surface area contributed by atoms with Crippen molar-refractivity contribution in [1.29, 1.82) is 0 Å². The molecule has 1 atom stereocenters. The average molecular weight is 283 g/mol. The number of rotatable bonds is 7. The Morgan fingerprint density at radius 3 is 2.50 bits per heavy atom. The van der Waals surface area contributed by atoms with Crippen LogP contribution in [0.5, 0.6) is 5.75 Å². The van der Waals surface area contributed by atoms with Crippen LogP contribution in [0.1, 0.15) is 46.2 Å². The largest absolute Gasteiger partial charge is 0.488 e. The summed E-state index contributed by atoms with van der Waals surface area (Å²) < 4.78 is 24.9. The highest BCUT2D eigenvalue weighted by Gasteiger charge is 2.11. The van der Waals surface area contributed by atoms with Crippen LogP contribution in [0.2, 0.25) is 0 Å². The lowest BCUT2D eigenvalue weighted by atomic mass is 10.1. The molecule has 0 fully saturated rings. The first-order valence-electron chi connectivity index (χ1n) is 7.13. The van der Waals surface area contributed by atoms with Crippen LogP contribution < -0.4 is 10.1 Å². The zero-order valence-electron chi connectivity index (χ0n) is 13.1. The minimum atomic E-state index is -0.331. The van der Waals surface area contributed by atoms with Crippen molar-refractivity contribution >= 4 is 0 Å². The first-order chi connectivity index (χ1) is 9.33. The standard InChI is InChI=1S/C16H26FNO2/c1-6-18-12(2)13-7-8-15(14(17)11-13)19-9-10-20-16(3,4)5/h7-8,11-12,18H,6,9-10H2,1-5H3. The van der Waals surface area contributed by atoms with Crippen molar-refractivity contribution in [3.63, 3.8) is 0 Å². The second-order valence-electron chi connectivity index (χ2n) is 5.78. The molecule has 0 aliphatic carbocycles. The smallest absolute Gasteiger partial charge is 0.165 e. The van der Waals surface area contributed by atoms with Crippen molar-refractivity contribution < 1.29 is 13.9 Å². The van der Waals surface area contributed by atoms with E-state index in [0.29, 0.717) is 13.2 Å². The van der Waals surface area contributed by atoms with E-state index in [2.05, 4.69) is 5.32 Å². The molecule has 1 N–H and O–H groups in total. The van der Waals surface area contributed by atoms with Gasteiger partial charge in [-0.15, -0.1) is 0 Å². The van der Waals surface area contributed by atoms with Crippen LogP contribution in [0, 0.1) is 5.82 Å². The van der Waals surface area contributed by atoms with Crippen LogP contribution in [-0.4, -0.2) is 25.4 Å². The van der Waals surface area contributed by atoms with Gasteiger partial charge in [0.2, 0.25) is 0 Å². The van der Waals surface area contributed by atoms with Crippen LogP contribution in [0.4, 0.5) is 4.39 Å². The van der Waals surface area contributed by atoms with Crippen LogP contribution in [-0.2, 0) is 4.74 Å². The molecule has 0 amide bonds. The third kappa shape index (κ3) is 5.88. The molecule has 0 bridgehead atoms. The first-order valence-corrected chi connectivity index (χ1v) is 7.13. The van der Waals surface area contributed by atoms with E-state index in [1.807, 2.05) is 40.7 Å². The van der Waals surface area contributed by atoms with E-state index >= 15 is 0 Å². The number of ether oxygens (including phenoxy) is 2. The van der Waals surface area contributed by atoms with E-state index in [1.54, 1.807) is 6.07 Å². The van der Waals surface area contributed by atoms with Gasteiger partial charge in [0, 0.05) is 6.04 Å². The van der Waals surface area contributed by atoms with Gasteiger partial charge in [-0.3, -0.25) is 0 Å². The van der Waals surface area contributed by atoms with Gasteiger partial charge in [0.25, 0.3) is 0 Å². The fourth-order valence-corrected chi connectivity index (χ4v) is 1.83. The summed E-state index contributed by atoms with van der Waals surface area (Å²) in [5.74, 6) is -0.0574. The topological polar surface area (TPSA) is 30.5 Å². The fraction of sp³-hybridized carbons (Fsp3) is 0.625. The molecule has 1 rings (SSSR count). The molecule has 4 heteroatoms. The minimum absolute atomic E-state index is 0.132. The third-order valence-corrected chi connectivity index (χ3v) is 2.84. The lowest BCUT2D eigenvalue weighted by Gasteiger charge is -2.19. The number of hydrogen-bond acceptors (Lipinski definition) is 3. The normalized spacial score (nSPS) is 13.3. The van der Waals surface area contributed by atoms with E-state index in [4.69, 9.17) is 9.47 Å². The summed E-state index contributed by atoms with van der Waals surface area (Å²) in [5, 5.41) is 3.25. The van der Waals surface area contributed by atoms with Crippen molar-refractivity contribution in [3.05, 3.63) is 29.6 Å². The fourth-order valence-electron chi connectivity index (χ4n) is 1.83. The van der Waals surface area contributed by atoms with Crippen molar-refractivity contribution in [2.24, 2.45) is 0 Å². The Balaban J connectivity index is 2.52. The third-order valence-electron chi connectivity index (χ3n) is 2.84. The number of benzene rings is 1. The van der Waals surface area contributed by atoms with E-state index in [-0.39, 0.29) is 23.2 Å². The molecular formula is C16H26FNO2. The quantitative estimate of drug-likeness (QED) is 0.774. The molecule has 20 heavy (non-hydrogen) atoms. The Morgan fingerprint density at radius 1 is 1.25 bits per heavy atom. The summed E-state index contributed by atoms with van der Waals surface area (Å²) in [6.07, 6.45) is 0. The summed E-state index contributed by atoms with van der Waals surface area (Å²) in [5.41, 5.74) is 0.718. The second kappa shape index (κ2) is 7.60. The zero-order valence-corrected chi connectivity index (χ0v) is 13.1. The highest BCUT2D eigenvalue weighted by molar-refractivity contribution is 5.30. The minimum Gasteiger partial charge on any atom is -0.488 e. The van der Waals surface area contributed by atoms with Gasteiger partial charge in [-0.1, -0.05) is 13.0 Å². The van der Waals surface area contributed by atoms with Gasteiger partial charge in [-0.2, -0.15) is 0 Å². The lowest BCUT2D eigenvalue weighted by Crippen LogP contribution is -2.22. The van der Waals surface area contributed by atoms with Gasteiger partial charge in [0.1, 0.15) is 6.61 Å². The Hall–Kier alpha value is -1.13. The van der Waals surface area contributed by atoms with Crippen molar-refractivity contribution in [3.8, 4) is 5.75 Å². The molecule has 0 aromatic heterocycles. The van der Waals surface area contributed by atoms with E-state index in [0.717, 1.165) is 12.1 Å². The SMILES string of the molecule is CCNC(C)c1ccc(OCCOC(C)(C)C)c(F)c1. The Bertz CT molecular complexity index is 415. The van der Waals surface area contributed by atoms with E-state index in [1.165, 1.54) is 6.07 Å². The van der Waals surface area contributed by atoms with Crippen molar-refractivity contribution in [1.82, 2.24) is 5.32 Å². The number of halogens is 1. The molecule has 114 valence electrons. The van der Waals surface area contributed by atoms with Crippen molar-refractivity contribution in [2.75, 3.05) is 19.8 Å². The molecule has 0 aliphatic heterocycles. The summed E-state index contributed by atoms with van der Waals surface area (Å²) in [6, 6.07) is 5.21. The molecule has 0 aliphatic rings. The van der Waals surface area contributed by atoms with Gasteiger partial charge in [-0.25, -0.2) is 4.39 Å². The molecule has 1 unspecified atom stereocenters. The van der Waals surface area contributed by atoms with Crippen LogP contribution in [0.3, 0.4) is 0 Å². The van der Waals surface area contributed by atoms with Crippen LogP contribution >= 0.6 is 0 Å². The van der Waals surface area contributed by atoms with Gasteiger partial charge < -0.3 is 14.8 Å². The summed E-state index contributed by atoms with van der Waals surface area (Å²) in [7, 11) is 0. The predicted octanol–water partition coefficient (Wildman–Crippen LogP) is 3.69. The first kappa shape index (κ1) is 16.9. The summed E-state index contributed by atoms with van der Waals surface area (Å²) in [4.78, 5) is 0. The van der Waals surface area contributed by atoms with Gasteiger partial charge >= 0.3 is 0 Å². The Labute approximate surface area is 121 Å². The molecule has 0 heterocycles. The average Bonchev–Trinajstić information content (AvgIpc) is 2.35. The Morgan fingerprint density at radius 2 is 1.95 bits per heavy atom. The molecule has 1 aromatic carbocycles. The maximum absolute atomic E-state index is 13.9. The molecular weight excluding hydrogens is 257 g/mol. The monoisotopic (exact) mass is 283 g/mol. The highest BCUT2D eigenvalue weighted by Crippen LogP contribution is 2.22. The lowest BCUT2D eigenvalue weighted by molar-refractivity contribution is -0.0166. The van der Waals surface area contributed by atoms with Gasteiger partial charge in [0.05, 0.1) is 12.2 Å².